The maximum Gasteiger partial charge on any atom is 0.225 e. The number of rotatable bonds is 3. The maximum absolute atomic E-state index is 12.5. The fourth-order valence-electron chi connectivity index (χ4n) is 3.54. The standard InChI is InChI=1S/C16H23N5O2/c1-11(22)19-6-4-13(5-7-19)16(23)20-8-14(9-20)21-10-15(17-18-21)12-2-3-12/h10,12-14H,2-9H2,1H3. The van der Waals surface area contributed by atoms with E-state index in [1.54, 1.807) is 6.92 Å². The third kappa shape index (κ3) is 2.84. The molecule has 2 saturated heterocycles. The lowest BCUT2D eigenvalue weighted by Crippen LogP contribution is -2.54. The van der Waals surface area contributed by atoms with Crippen LogP contribution < -0.4 is 0 Å². The molecule has 0 aromatic carbocycles. The highest BCUT2D eigenvalue weighted by Gasteiger charge is 2.38. The van der Waals surface area contributed by atoms with Crippen LogP contribution in [0.3, 0.4) is 0 Å². The van der Waals surface area contributed by atoms with Crippen LogP contribution in [0.2, 0.25) is 0 Å². The zero-order chi connectivity index (χ0) is 16.0. The van der Waals surface area contributed by atoms with Gasteiger partial charge in [0.15, 0.2) is 0 Å². The molecule has 0 bridgehead atoms. The number of carbonyl (C=O) groups is 2. The van der Waals surface area contributed by atoms with E-state index in [1.807, 2.05) is 14.5 Å². The third-order valence-electron chi connectivity index (χ3n) is 5.36. The molecule has 0 radical (unpaired) electrons. The average Bonchev–Trinajstić information content (AvgIpc) is 3.25. The van der Waals surface area contributed by atoms with Gasteiger partial charge < -0.3 is 9.80 Å². The molecule has 0 spiro atoms. The normalized spacial score (nSPS) is 23.0. The van der Waals surface area contributed by atoms with Crippen molar-refractivity contribution >= 4 is 11.8 Å². The molecule has 0 atom stereocenters. The first-order valence-electron chi connectivity index (χ1n) is 8.58. The quantitative estimate of drug-likeness (QED) is 0.826. The van der Waals surface area contributed by atoms with Gasteiger partial charge in [0.2, 0.25) is 11.8 Å². The molecule has 1 aliphatic carbocycles. The van der Waals surface area contributed by atoms with E-state index in [0.717, 1.165) is 31.6 Å². The summed E-state index contributed by atoms with van der Waals surface area (Å²) in [5, 5.41) is 8.46. The Bertz CT molecular complexity index is 610. The first kappa shape index (κ1) is 14.7. The minimum absolute atomic E-state index is 0.0734. The fraction of sp³-hybridized carbons (Fsp3) is 0.750. The first-order chi connectivity index (χ1) is 11.1. The lowest BCUT2D eigenvalue weighted by atomic mass is 9.93. The topological polar surface area (TPSA) is 71.3 Å². The average molecular weight is 317 g/mol. The Balaban J connectivity index is 1.27. The molecule has 124 valence electrons. The van der Waals surface area contributed by atoms with E-state index in [0.29, 0.717) is 19.0 Å². The van der Waals surface area contributed by atoms with Crippen LogP contribution in [-0.2, 0) is 9.59 Å². The van der Waals surface area contributed by atoms with Crippen LogP contribution in [0.4, 0.5) is 0 Å². The lowest BCUT2D eigenvalue weighted by molar-refractivity contribution is -0.145. The predicted octanol–water partition coefficient (Wildman–Crippen LogP) is 0.797. The van der Waals surface area contributed by atoms with Crippen molar-refractivity contribution in [1.29, 1.82) is 0 Å². The minimum atomic E-state index is 0.0734. The van der Waals surface area contributed by atoms with Crippen LogP contribution in [0.1, 0.15) is 50.3 Å². The van der Waals surface area contributed by atoms with E-state index in [4.69, 9.17) is 0 Å². The number of amides is 2. The summed E-state index contributed by atoms with van der Waals surface area (Å²) in [4.78, 5) is 27.6. The molecule has 3 heterocycles. The number of carbonyl (C=O) groups excluding carboxylic acids is 2. The second-order valence-corrected chi connectivity index (χ2v) is 7.08. The van der Waals surface area contributed by atoms with Crippen LogP contribution >= 0.6 is 0 Å². The Morgan fingerprint density at radius 3 is 2.39 bits per heavy atom. The molecule has 3 fully saturated rings. The van der Waals surface area contributed by atoms with Crippen LogP contribution in [0.15, 0.2) is 6.20 Å². The van der Waals surface area contributed by atoms with Gasteiger partial charge in [0.25, 0.3) is 0 Å². The van der Waals surface area contributed by atoms with Gasteiger partial charge >= 0.3 is 0 Å². The largest absolute Gasteiger partial charge is 0.343 e. The number of hydrogen-bond donors (Lipinski definition) is 0. The highest BCUT2D eigenvalue weighted by atomic mass is 16.2. The van der Waals surface area contributed by atoms with E-state index in [1.165, 1.54) is 12.8 Å². The van der Waals surface area contributed by atoms with Crippen molar-refractivity contribution in [3.63, 3.8) is 0 Å². The van der Waals surface area contributed by atoms with Crippen LogP contribution in [0.25, 0.3) is 0 Å². The number of likely N-dealkylation sites (tertiary alicyclic amines) is 2. The summed E-state index contributed by atoms with van der Waals surface area (Å²) in [5.41, 5.74) is 1.10. The molecular weight excluding hydrogens is 294 g/mol. The van der Waals surface area contributed by atoms with E-state index in [9.17, 15) is 9.59 Å². The summed E-state index contributed by atoms with van der Waals surface area (Å²) in [6, 6.07) is 0.274. The smallest absolute Gasteiger partial charge is 0.225 e. The summed E-state index contributed by atoms with van der Waals surface area (Å²) in [6.07, 6.45) is 6.08. The molecule has 23 heavy (non-hydrogen) atoms. The molecular formula is C16H23N5O2. The summed E-state index contributed by atoms with van der Waals surface area (Å²) in [6.45, 7) is 4.47. The zero-order valence-corrected chi connectivity index (χ0v) is 13.5. The Labute approximate surface area is 135 Å². The van der Waals surface area contributed by atoms with Crippen molar-refractivity contribution in [2.75, 3.05) is 26.2 Å². The van der Waals surface area contributed by atoms with Gasteiger partial charge in [-0.1, -0.05) is 5.21 Å². The second-order valence-electron chi connectivity index (χ2n) is 7.08. The second kappa shape index (κ2) is 5.62. The van der Waals surface area contributed by atoms with Gasteiger partial charge in [-0.25, -0.2) is 4.68 Å². The highest BCUT2D eigenvalue weighted by Crippen LogP contribution is 2.39. The van der Waals surface area contributed by atoms with E-state index >= 15 is 0 Å². The number of piperidine rings is 1. The van der Waals surface area contributed by atoms with Crippen molar-refractivity contribution in [2.24, 2.45) is 5.92 Å². The third-order valence-corrected chi connectivity index (χ3v) is 5.36. The molecule has 2 amide bonds. The monoisotopic (exact) mass is 317 g/mol. The van der Waals surface area contributed by atoms with E-state index < -0.39 is 0 Å². The van der Waals surface area contributed by atoms with Crippen LogP contribution in [0.5, 0.6) is 0 Å². The highest BCUT2D eigenvalue weighted by molar-refractivity contribution is 5.80. The number of nitrogens with zero attached hydrogens (tertiary/aromatic N) is 5. The summed E-state index contributed by atoms with van der Waals surface area (Å²) >= 11 is 0. The van der Waals surface area contributed by atoms with Gasteiger partial charge in [0.05, 0.1) is 11.7 Å². The lowest BCUT2D eigenvalue weighted by Gasteiger charge is -2.42. The van der Waals surface area contributed by atoms with Crippen LogP contribution in [0, 0.1) is 5.92 Å². The Kier molecular flexibility index (Phi) is 3.58. The molecule has 3 aliphatic rings. The molecule has 1 aromatic heterocycles. The Morgan fingerprint density at radius 2 is 1.78 bits per heavy atom. The van der Waals surface area contributed by atoms with Crippen molar-refractivity contribution in [2.45, 2.75) is 44.6 Å². The molecule has 1 saturated carbocycles. The maximum atomic E-state index is 12.5. The molecule has 2 aliphatic heterocycles. The van der Waals surface area contributed by atoms with Crippen molar-refractivity contribution in [3.05, 3.63) is 11.9 Å². The molecule has 0 unspecified atom stereocenters. The zero-order valence-electron chi connectivity index (χ0n) is 13.5. The van der Waals surface area contributed by atoms with Crippen LogP contribution in [-0.4, -0.2) is 62.8 Å². The van der Waals surface area contributed by atoms with Gasteiger partial charge in [0.1, 0.15) is 0 Å². The molecule has 7 nitrogen and oxygen atoms in total. The van der Waals surface area contributed by atoms with E-state index in [-0.39, 0.29) is 23.8 Å². The molecule has 0 N–H and O–H groups in total. The Hall–Kier alpha value is -1.92. The van der Waals surface area contributed by atoms with Crippen molar-refractivity contribution < 1.29 is 9.59 Å². The number of aromatic nitrogens is 3. The molecule has 4 rings (SSSR count). The van der Waals surface area contributed by atoms with Gasteiger partial charge in [0, 0.05) is 51.1 Å². The SMILES string of the molecule is CC(=O)N1CCC(C(=O)N2CC(n3cc(C4CC4)nn3)C2)CC1. The summed E-state index contributed by atoms with van der Waals surface area (Å²) in [5.74, 6) is 1.04. The van der Waals surface area contributed by atoms with Gasteiger partial charge in [-0.05, 0) is 25.7 Å². The summed E-state index contributed by atoms with van der Waals surface area (Å²) in [7, 11) is 0. The van der Waals surface area contributed by atoms with Crippen molar-refractivity contribution in [3.8, 4) is 0 Å². The molecule has 1 aromatic rings. The Morgan fingerprint density at radius 1 is 1.09 bits per heavy atom. The van der Waals surface area contributed by atoms with Crippen molar-refractivity contribution in [1.82, 2.24) is 24.8 Å². The minimum Gasteiger partial charge on any atom is -0.343 e. The fourth-order valence-corrected chi connectivity index (χ4v) is 3.54. The van der Waals surface area contributed by atoms with Gasteiger partial charge in [-0.3, -0.25) is 9.59 Å². The van der Waals surface area contributed by atoms with Gasteiger partial charge in [-0.15, -0.1) is 5.10 Å². The van der Waals surface area contributed by atoms with E-state index in [2.05, 4.69) is 16.5 Å². The van der Waals surface area contributed by atoms with Gasteiger partial charge in [-0.2, -0.15) is 0 Å². The predicted molar refractivity (Wildman–Crippen MR) is 82.6 cm³/mol. The summed E-state index contributed by atoms with van der Waals surface area (Å²) < 4.78 is 1.93. The first-order valence-corrected chi connectivity index (χ1v) is 8.58. The molecule has 7 heteroatoms. The number of hydrogen-bond acceptors (Lipinski definition) is 4.